The number of nitrogen functional groups attached to an aromatic ring is 2. The smallest absolute Gasteiger partial charge is 0.326 e. The number of aliphatic carboxylic acids is 2. The molecule has 0 aliphatic carbocycles. The molecule has 0 bridgehead atoms. The molecule has 0 radical (unpaired) electrons. The van der Waals surface area contributed by atoms with Crippen LogP contribution in [-0.4, -0.2) is 46.0 Å². The van der Waals surface area contributed by atoms with Crippen molar-refractivity contribution in [1.29, 1.82) is 0 Å². The number of rotatable bonds is 13. The van der Waals surface area contributed by atoms with E-state index in [1.54, 1.807) is 97.1 Å². The molecule has 0 aromatic heterocycles. The van der Waals surface area contributed by atoms with Crippen molar-refractivity contribution in [2.24, 2.45) is 0 Å². The summed E-state index contributed by atoms with van der Waals surface area (Å²) in [5.74, 6) is -3.47. The van der Waals surface area contributed by atoms with E-state index in [2.05, 4.69) is 10.6 Å². The molecule has 4 rings (SSSR count). The van der Waals surface area contributed by atoms with E-state index in [1.807, 2.05) is 0 Å². The van der Waals surface area contributed by atoms with Gasteiger partial charge < -0.3 is 32.3 Å². The summed E-state index contributed by atoms with van der Waals surface area (Å²) in [6.07, 6.45) is 0.146. The van der Waals surface area contributed by atoms with Gasteiger partial charge in [0.05, 0.1) is 11.1 Å². The standard InChI is InChI=1S/C32H30N4O6S2/c33-21-13-9-19(10-14-21)17-25(31(39)40)35-29(37)23-5-1-3-7-27(23)43-44-28-8-4-2-6-24(28)30(38)36-26(32(41)42)18-20-11-15-22(34)16-12-20/h1-16,25-26H,17-18,33-34H2,(H,35,37)(H,36,38)(H,39,40)(H,41,42)/t25-,26-/m0/s1. The van der Waals surface area contributed by atoms with E-state index in [4.69, 9.17) is 11.5 Å². The number of carboxylic acids is 2. The Morgan fingerprint density at radius 1 is 0.568 bits per heavy atom. The Morgan fingerprint density at radius 3 is 1.25 bits per heavy atom. The molecule has 4 aromatic rings. The van der Waals surface area contributed by atoms with Crippen LogP contribution in [0, 0.1) is 0 Å². The molecule has 0 heterocycles. The number of nitrogens with two attached hydrogens (primary N) is 2. The number of carbonyl (C=O) groups excluding carboxylic acids is 2. The molecular weight excluding hydrogens is 601 g/mol. The SMILES string of the molecule is Nc1ccc(C[C@H](NC(=O)c2ccccc2SSc2ccccc2C(=O)N[C@@H](Cc2ccc(N)cc2)C(=O)O)C(=O)O)cc1. The van der Waals surface area contributed by atoms with Crippen LogP contribution in [-0.2, 0) is 22.4 Å². The van der Waals surface area contributed by atoms with Crippen LogP contribution in [0.4, 0.5) is 11.4 Å². The fourth-order valence-electron chi connectivity index (χ4n) is 4.19. The molecule has 12 heteroatoms. The van der Waals surface area contributed by atoms with Gasteiger partial charge in [-0.25, -0.2) is 9.59 Å². The molecule has 2 atom stereocenters. The number of benzene rings is 4. The van der Waals surface area contributed by atoms with Gasteiger partial charge >= 0.3 is 11.9 Å². The summed E-state index contributed by atoms with van der Waals surface area (Å²) in [7, 11) is 2.43. The highest BCUT2D eigenvalue weighted by atomic mass is 33.1. The molecule has 0 aliphatic rings. The predicted octanol–water partition coefficient (Wildman–Crippen LogP) is 4.50. The molecule has 4 aromatic carbocycles. The van der Waals surface area contributed by atoms with Gasteiger partial charge in [0.15, 0.2) is 0 Å². The van der Waals surface area contributed by atoms with Gasteiger partial charge in [-0.15, -0.1) is 0 Å². The van der Waals surface area contributed by atoms with Gasteiger partial charge in [0.25, 0.3) is 11.8 Å². The number of carbonyl (C=O) groups is 4. The van der Waals surface area contributed by atoms with Crippen molar-refractivity contribution in [3.8, 4) is 0 Å². The maximum Gasteiger partial charge on any atom is 0.326 e. The van der Waals surface area contributed by atoms with Crippen LogP contribution in [0.3, 0.4) is 0 Å². The number of anilines is 2. The minimum absolute atomic E-state index is 0.0730. The molecule has 0 fully saturated rings. The zero-order valence-corrected chi connectivity index (χ0v) is 24.9. The van der Waals surface area contributed by atoms with Crippen LogP contribution in [0.2, 0.25) is 0 Å². The minimum Gasteiger partial charge on any atom is -0.480 e. The van der Waals surface area contributed by atoms with Crippen LogP contribution in [0.5, 0.6) is 0 Å². The van der Waals surface area contributed by atoms with Crippen molar-refractivity contribution >= 4 is 56.7 Å². The first kappa shape index (κ1) is 32.0. The van der Waals surface area contributed by atoms with Crippen LogP contribution in [0.15, 0.2) is 107 Å². The predicted molar refractivity (Wildman–Crippen MR) is 171 cm³/mol. The third kappa shape index (κ3) is 8.79. The summed E-state index contributed by atoms with van der Waals surface area (Å²) < 4.78 is 0. The third-order valence-corrected chi connectivity index (χ3v) is 9.01. The van der Waals surface area contributed by atoms with Gasteiger partial charge in [-0.1, -0.05) is 70.1 Å². The van der Waals surface area contributed by atoms with E-state index in [1.165, 1.54) is 21.6 Å². The molecule has 0 aliphatic heterocycles. The van der Waals surface area contributed by atoms with Crippen molar-refractivity contribution in [2.75, 3.05) is 11.5 Å². The molecule has 0 unspecified atom stereocenters. The van der Waals surface area contributed by atoms with Crippen molar-refractivity contribution < 1.29 is 29.4 Å². The lowest BCUT2D eigenvalue weighted by molar-refractivity contribution is -0.140. The Kier molecular flexibility index (Phi) is 10.9. The maximum atomic E-state index is 13.2. The van der Waals surface area contributed by atoms with Crippen molar-refractivity contribution in [1.82, 2.24) is 10.6 Å². The summed E-state index contributed by atoms with van der Waals surface area (Å²) in [6, 6.07) is 24.6. The van der Waals surface area contributed by atoms with Gasteiger partial charge in [-0.2, -0.15) is 0 Å². The monoisotopic (exact) mass is 630 g/mol. The van der Waals surface area contributed by atoms with Gasteiger partial charge in [0.2, 0.25) is 0 Å². The van der Waals surface area contributed by atoms with E-state index in [9.17, 15) is 29.4 Å². The summed E-state index contributed by atoms with van der Waals surface area (Å²) >= 11 is 0. The average molecular weight is 631 g/mol. The summed E-state index contributed by atoms with van der Waals surface area (Å²) in [5, 5.41) is 24.7. The molecule has 0 spiro atoms. The number of hydrogen-bond donors (Lipinski definition) is 6. The van der Waals surface area contributed by atoms with Crippen LogP contribution in [0.25, 0.3) is 0 Å². The van der Waals surface area contributed by atoms with Crippen molar-refractivity contribution in [3.05, 3.63) is 119 Å². The number of amides is 2. The van der Waals surface area contributed by atoms with Gasteiger partial charge in [-0.3, -0.25) is 9.59 Å². The zero-order valence-electron chi connectivity index (χ0n) is 23.3. The first-order chi connectivity index (χ1) is 21.1. The minimum atomic E-state index is -1.18. The van der Waals surface area contributed by atoms with Crippen molar-refractivity contribution in [3.63, 3.8) is 0 Å². The van der Waals surface area contributed by atoms with Gasteiger partial charge in [-0.05, 0) is 59.7 Å². The lowest BCUT2D eigenvalue weighted by atomic mass is 10.0. The molecule has 8 N–H and O–H groups in total. The topological polar surface area (TPSA) is 185 Å². The Balaban J connectivity index is 1.45. The number of hydrogen-bond acceptors (Lipinski definition) is 8. The molecule has 44 heavy (non-hydrogen) atoms. The Hall–Kier alpha value is -4.94. The highest BCUT2D eigenvalue weighted by Crippen LogP contribution is 2.40. The van der Waals surface area contributed by atoms with Gasteiger partial charge in [0, 0.05) is 34.0 Å². The molecule has 2 amide bonds. The lowest BCUT2D eigenvalue weighted by Gasteiger charge is -2.17. The average Bonchev–Trinajstić information content (AvgIpc) is 3.01. The summed E-state index contributed by atoms with van der Waals surface area (Å²) in [6.45, 7) is 0. The lowest BCUT2D eigenvalue weighted by Crippen LogP contribution is -2.42. The highest BCUT2D eigenvalue weighted by molar-refractivity contribution is 8.76. The molecule has 226 valence electrons. The van der Waals surface area contributed by atoms with E-state index < -0.39 is 35.8 Å². The summed E-state index contributed by atoms with van der Waals surface area (Å²) in [5.41, 5.74) is 14.5. The second-order valence-electron chi connectivity index (χ2n) is 9.78. The first-order valence-corrected chi connectivity index (χ1v) is 15.5. The van der Waals surface area contributed by atoms with Crippen LogP contribution >= 0.6 is 21.6 Å². The second-order valence-corrected chi connectivity index (χ2v) is 12.0. The zero-order chi connectivity index (χ0) is 31.6. The van der Waals surface area contributed by atoms with Crippen LogP contribution < -0.4 is 22.1 Å². The fourth-order valence-corrected chi connectivity index (χ4v) is 6.55. The maximum absolute atomic E-state index is 13.2. The largest absolute Gasteiger partial charge is 0.480 e. The normalized spacial score (nSPS) is 12.1. The third-order valence-electron chi connectivity index (χ3n) is 6.53. The Morgan fingerprint density at radius 2 is 0.909 bits per heavy atom. The van der Waals surface area contributed by atoms with E-state index >= 15 is 0 Å². The first-order valence-electron chi connectivity index (χ1n) is 13.4. The molecule has 0 saturated heterocycles. The number of carboxylic acid groups (broad SMARTS) is 2. The highest BCUT2D eigenvalue weighted by Gasteiger charge is 2.25. The van der Waals surface area contributed by atoms with Crippen molar-refractivity contribution in [2.45, 2.75) is 34.7 Å². The Labute approximate surface area is 261 Å². The van der Waals surface area contributed by atoms with E-state index in [0.717, 1.165) is 0 Å². The number of nitrogens with one attached hydrogen (secondary N) is 2. The Bertz CT molecular complexity index is 1520. The second kappa shape index (κ2) is 15.0. The quantitative estimate of drug-likeness (QED) is 0.0908. The molecule has 0 saturated carbocycles. The summed E-state index contributed by atoms with van der Waals surface area (Å²) in [4.78, 5) is 51.4. The van der Waals surface area contributed by atoms with E-state index in [-0.39, 0.29) is 24.0 Å². The van der Waals surface area contributed by atoms with E-state index in [0.29, 0.717) is 32.3 Å². The van der Waals surface area contributed by atoms with Crippen LogP contribution in [0.1, 0.15) is 31.8 Å². The molecular formula is C32H30N4O6S2. The van der Waals surface area contributed by atoms with Gasteiger partial charge in [0.1, 0.15) is 12.1 Å². The fraction of sp³-hybridized carbons (Fsp3) is 0.125. The molecule has 10 nitrogen and oxygen atoms in total.